The fourth-order valence-corrected chi connectivity index (χ4v) is 3.42. The zero-order valence-corrected chi connectivity index (χ0v) is 16.3. The second-order valence-corrected chi connectivity index (χ2v) is 6.61. The minimum atomic E-state index is 0. The van der Waals surface area contributed by atoms with Crippen molar-refractivity contribution < 1.29 is 26.8 Å². The van der Waals surface area contributed by atoms with Crippen LogP contribution in [-0.4, -0.2) is 38.4 Å². The van der Waals surface area contributed by atoms with Gasteiger partial charge in [-0.1, -0.05) is 0 Å². The van der Waals surface area contributed by atoms with Crippen molar-refractivity contribution in [2.45, 2.75) is 6.92 Å². The first-order chi connectivity index (χ1) is 12.7. The van der Waals surface area contributed by atoms with E-state index in [-0.39, 0.29) is 12.4 Å². The molecule has 0 aliphatic carbocycles. The van der Waals surface area contributed by atoms with Gasteiger partial charge >= 0.3 is 0 Å². The molecule has 0 amide bonds. The second kappa shape index (κ2) is 8.57. The number of aryl methyl sites for hydroxylation is 1. The lowest BCUT2D eigenvalue weighted by Crippen LogP contribution is -3.09. The first-order valence-electron chi connectivity index (χ1n) is 8.98. The maximum absolute atomic E-state index is 5.45. The molecule has 27 heavy (non-hydrogen) atoms. The van der Waals surface area contributed by atoms with Crippen molar-refractivity contribution in [1.29, 1.82) is 0 Å². The number of aromatic nitrogens is 1. The summed E-state index contributed by atoms with van der Waals surface area (Å²) in [4.78, 5) is 6.10. The van der Waals surface area contributed by atoms with Crippen LogP contribution >= 0.6 is 0 Å². The molecule has 0 bridgehead atoms. The highest BCUT2D eigenvalue weighted by molar-refractivity contribution is 5.94. The topological polar surface area (TPSA) is 47.8 Å². The number of halogens is 1. The van der Waals surface area contributed by atoms with E-state index in [4.69, 9.17) is 9.47 Å². The predicted octanol–water partition coefficient (Wildman–Crippen LogP) is -0.154. The summed E-state index contributed by atoms with van der Waals surface area (Å²) < 4.78 is 10.8. The molecule has 2 N–H and O–H groups in total. The smallest absolute Gasteiger partial charge is 0.131 e. The van der Waals surface area contributed by atoms with Crippen LogP contribution in [0.2, 0.25) is 0 Å². The fourth-order valence-electron chi connectivity index (χ4n) is 3.42. The van der Waals surface area contributed by atoms with Gasteiger partial charge in [-0.2, -0.15) is 0 Å². The Morgan fingerprint density at radius 3 is 2.48 bits per heavy atom. The first kappa shape index (κ1) is 19.4. The number of hydrogen-bond acceptors (Lipinski definition) is 4. The van der Waals surface area contributed by atoms with E-state index in [1.165, 1.54) is 10.6 Å². The van der Waals surface area contributed by atoms with Gasteiger partial charge in [0.2, 0.25) is 0 Å². The molecule has 0 saturated carbocycles. The molecule has 0 unspecified atom stereocenters. The Labute approximate surface area is 165 Å². The Balaban J connectivity index is 0.00000210. The number of rotatable bonds is 4. The Morgan fingerprint density at radius 1 is 1.04 bits per heavy atom. The highest BCUT2D eigenvalue weighted by Gasteiger charge is 2.16. The molecule has 1 aromatic heterocycles. The normalized spacial score (nSPS) is 14.6. The number of morpholine rings is 1. The quantitative estimate of drug-likeness (QED) is 0.655. The van der Waals surface area contributed by atoms with Gasteiger partial charge in [0.05, 0.1) is 25.8 Å². The second-order valence-electron chi connectivity index (χ2n) is 6.61. The summed E-state index contributed by atoms with van der Waals surface area (Å²) >= 11 is 0. The Morgan fingerprint density at radius 2 is 1.78 bits per heavy atom. The number of ether oxygens (including phenoxy) is 2. The first-order valence-corrected chi connectivity index (χ1v) is 8.98. The van der Waals surface area contributed by atoms with E-state index < -0.39 is 0 Å². The maximum atomic E-state index is 5.45. The number of quaternary nitrogens is 1. The van der Waals surface area contributed by atoms with Gasteiger partial charge in [0.15, 0.2) is 0 Å². The molecule has 1 saturated heterocycles. The number of methoxy groups -OCH3 is 1. The minimum absolute atomic E-state index is 0. The minimum Gasteiger partial charge on any atom is -1.00 e. The van der Waals surface area contributed by atoms with Crippen molar-refractivity contribution in [3.8, 4) is 5.75 Å². The SMILES string of the molecule is COc1ccc2nc(C)cc(Nc3ccc([NH+]4CCOCC4)cc3)c2c1.[Cl-]. The lowest BCUT2D eigenvalue weighted by molar-refractivity contribution is -0.842. The average molecular weight is 386 g/mol. The number of anilines is 2. The molecule has 5 nitrogen and oxygen atoms in total. The summed E-state index contributed by atoms with van der Waals surface area (Å²) in [6, 6.07) is 16.7. The van der Waals surface area contributed by atoms with Crippen molar-refractivity contribution in [1.82, 2.24) is 4.98 Å². The molecular weight excluding hydrogens is 362 g/mol. The summed E-state index contributed by atoms with van der Waals surface area (Å²) in [6.07, 6.45) is 0. The van der Waals surface area contributed by atoms with Crippen LogP contribution < -0.4 is 27.4 Å². The molecule has 2 heterocycles. The van der Waals surface area contributed by atoms with E-state index >= 15 is 0 Å². The largest absolute Gasteiger partial charge is 1.00 e. The van der Waals surface area contributed by atoms with E-state index in [0.717, 1.165) is 60.0 Å². The molecule has 0 atom stereocenters. The highest BCUT2D eigenvalue weighted by Crippen LogP contribution is 2.29. The van der Waals surface area contributed by atoms with Crippen LogP contribution in [0.4, 0.5) is 17.1 Å². The van der Waals surface area contributed by atoms with Gasteiger partial charge in [0, 0.05) is 34.6 Å². The van der Waals surface area contributed by atoms with Crippen LogP contribution in [0.15, 0.2) is 48.5 Å². The third kappa shape index (κ3) is 4.33. The molecule has 2 aromatic carbocycles. The van der Waals surface area contributed by atoms with Crippen molar-refractivity contribution in [3.63, 3.8) is 0 Å². The van der Waals surface area contributed by atoms with Crippen LogP contribution in [0, 0.1) is 6.92 Å². The number of benzene rings is 2. The van der Waals surface area contributed by atoms with Crippen molar-refractivity contribution in [2.24, 2.45) is 0 Å². The van der Waals surface area contributed by atoms with Crippen LogP contribution in [-0.2, 0) is 4.74 Å². The fraction of sp³-hybridized carbons (Fsp3) is 0.286. The Kier molecular flexibility index (Phi) is 6.16. The highest BCUT2D eigenvalue weighted by atomic mass is 35.5. The molecule has 1 aliphatic rings. The van der Waals surface area contributed by atoms with Crippen LogP contribution in [0.5, 0.6) is 5.75 Å². The molecular formula is C21H24ClN3O2. The zero-order chi connectivity index (χ0) is 17.9. The number of pyridine rings is 1. The average Bonchev–Trinajstić information content (AvgIpc) is 2.69. The Hall–Kier alpha value is -2.34. The molecule has 0 radical (unpaired) electrons. The molecule has 1 fully saturated rings. The Bertz CT molecular complexity index is 909. The van der Waals surface area contributed by atoms with Crippen LogP contribution in [0.3, 0.4) is 0 Å². The van der Waals surface area contributed by atoms with Crippen molar-refractivity contribution in [2.75, 3.05) is 38.7 Å². The summed E-state index contributed by atoms with van der Waals surface area (Å²) in [5.74, 6) is 0.831. The van der Waals surface area contributed by atoms with E-state index in [1.54, 1.807) is 7.11 Å². The predicted molar refractivity (Wildman–Crippen MR) is 104 cm³/mol. The summed E-state index contributed by atoms with van der Waals surface area (Å²) in [5, 5.41) is 4.59. The molecule has 1 aliphatic heterocycles. The molecule has 3 aromatic rings. The number of hydrogen-bond donors (Lipinski definition) is 2. The van der Waals surface area contributed by atoms with Gasteiger partial charge in [-0.05, 0) is 43.3 Å². The van der Waals surface area contributed by atoms with Crippen molar-refractivity contribution >= 4 is 28.0 Å². The summed E-state index contributed by atoms with van der Waals surface area (Å²) in [7, 11) is 1.68. The van der Waals surface area contributed by atoms with E-state index in [1.807, 2.05) is 25.1 Å². The lowest BCUT2D eigenvalue weighted by atomic mass is 10.1. The number of fused-ring (bicyclic) bond motifs is 1. The zero-order valence-electron chi connectivity index (χ0n) is 15.6. The lowest BCUT2D eigenvalue weighted by Gasteiger charge is -2.23. The van der Waals surface area contributed by atoms with Gasteiger partial charge in [0.1, 0.15) is 24.5 Å². The number of nitrogens with zero attached hydrogens (tertiary/aromatic N) is 1. The monoisotopic (exact) mass is 385 g/mol. The van der Waals surface area contributed by atoms with E-state index in [9.17, 15) is 0 Å². The molecule has 0 spiro atoms. The van der Waals surface area contributed by atoms with Crippen LogP contribution in [0.1, 0.15) is 5.69 Å². The molecule has 142 valence electrons. The van der Waals surface area contributed by atoms with Gasteiger partial charge in [-0.3, -0.25) is 9.88 Å². The van der Waals surface area contributed by atoms with Crippen molar-refractivity contribution in [3.05, 3.63) is 54.2 Å². The third-order valence-electron chi connectivity index (χ3n) is 4.81. The number of nitrogens with one attached hydrogen (secondary N) is 2. The van der Waals surface area contributed by atoms with Gasteiger partial charge in [-0.15, -0.1) is 0 Å². The molecule has 6 heteroatoms. The third-order valence-corrected chi connectivity index (χ3v) is 4.81. The van der Waals surface area contributed by atoms with E-state index in [2.05, 4.69) is 40.6 Å². The van der Waals surface area contributed by atoms with Gasteiger partial charge in [0.25, 0.3) is 0 Å². The van der Waals surface area contributed by atoms with E-state index in [0.29, 0.717) is 0 Å². The van der Waals surface area contributed by atoms with Gasteiger partial charge in [-0.25, -0.2) is 0 Å². The maximum Gasteiger partial charge on any atom is 0.131 e. The van der Waals surface area contributed by atoms with Crippen LogP contribution in [0.25, 0.3) is 10.9 Å². The summed E-state index contributed by atoms with van der Waals surface area (Å²) in [6.45, 7) is 5.74. The summed E-state index contributed by atoms with van der Waals surface area (Å²) in [5.41, 5.74) is 5.37. The van der Waals surface area contributed by atoms with Gasteiger partial charge < -0.3 is 27.2 Å². The molecule has 4 rings (SSSR count). The standard InChI is InChI=1S/C21H23N3O2.ClH/c1-15-13-21(19-14-18(25-2)7-8-20(19)22-15)23-16-3-5-17(6-4-16)24-9-11-26-12-10-24;/h3-8,13-14H,9-12H2,1-2H3,(H,22,23);1H.